The summed E-state index contributed by atoms with van der Waals surface area (Å²) in [6.07, 6.45) is -4.77. The van der Waals surface area contributed by atoms with E-state index in [4.69, 9.17) is 4.74 Å². The third-order valence-corrected chi connectivity index (χ3v) is 5.52. The molecule has 1 N–H and O–H groups in total. The zero-order valence-corrected chi connectivity index (χ0v) is 16.9. The van der Waals surface area contributed by atoms with E-state index in [0.717, 1.165) is 11.1 Å². The molecule has 3 aromatic carbocycles. The Hall–Kier alpha value is -3.48. The monoisotopic (exact) mass is 427 g/mol. The van der Waals surface area contributed by atoms with Crippen LogP contribution in [0.15, 0.2) is 66.7 Å². The molecule has 1 aliphatic rings. The highest BCUT2D eigenvalue weighted by molar-refractivity contribution is 6.06. The molecule has 0 spiro atoms. The van der Waals surface area contributed by atoms with E-state index in [-0.39, 0.29) is 18.1 Å². The molecule has 0 aromatic heterocycles. The Bertz CT molecular complexity index is 1140. The lowest BCUT2D eigenvalue weighted by molar-refractivity contribution is -0.274. The Morgan fingerprint density at radius 1 is 0.968 bits per heavy atom. The van der Waals surface area contributed by atoms with Crippen LogP contribution in [0, 0.1) is 0 Å². The molecule has 1 amide bonds. The van der Waals surface area contributed by atoms with E-state index < -0.39 is 11.8 Å². The Morgan fingerprint density at radius 3 is 2.35 bits per heavy atom. The third-order valence-electron chi connectivity index (χ3n) is 5.52. The first-order valence-corrected chi connectivity index (χ1v) is 9.64. The maximum atomic E-state index is 12.9. The highest BCUT2D eigenvalue weighted by Crippen LogP contribution is 2.44. The number of rotatable bonds is 5. The number of alkyl halides is 3. The lowest BCUT2D eigenvalue weighted by Gasteiger charge is -2.24. The molecule has 1 atom stereocenters. The molecule has 1 heterocycles. The van der Waals surface area contributed by atoms with Gasteiger partial charge in [-0.3, -0.25) is 4.79 Å². The lowest BCUT2D eigenvalue weighted by atomic mass is 9.77. The van der Waals surface area contributed by atoms with Gasteiger partial charge in [0.2, 0.25) is 5.91 Å². The number of methoxy groups -OCH3 is 1. The smallest absolute Gasteiger partial charge is 0.496 e. The van der Waals surface area contributed by atoms with Crippen LogP contribution in [0.25, 0.3) is 11.1 Å². The largest absolute Gasteiger partial charge is 0.573 e. The molecule has 3 aromatic rings. The number of carbonyl (C=O) groups is 1. The lowest BCUT2D eigenvalue weighted by Crippen LogP contribution is -2.33. The van der Waals surface area contributed by atoms with Gasteiger partial charge in [0.05, 0.1) is 12.5 Å². The predicted molar refractivity (Wildman–Crippen MR) is 111 cm³/mol. The van der Waals surface area contributed by atoms with E-state index in [1.807, 2.05) is 36.4 Å². The van der Waals surface area contributed by atoms with Crippen LogP contribution in [0.5, 0.6) is 11.5 Å². The van der Waals surface area contributed by atoms with Crippen molar-refractivity contribution in [1.29, 1.82) is 0 Å². The Balaban J connectivity index is 1.76. The normalized spacial score (nSPS) is 17.8. The molecule has 160 valence electrons. The van der Waals surface area contributed by atoms with Crippen LogP contribution in [0.3, 0.4) is 0 Å². The molecular formula is C24H20F3NO3. The first kappa shape index (κ1) is 20.8. The molecule has 7 heteroatoms. The highest BCUT2D eigenvalue weighted by Gasteiger charge is 2.44. The number of nitrogens with one attached hydrogen (secondary N) is 1. The van der Waals surface area contributed by atoms with Gasteiger partial charge in [-0.15, -0.1) is 13.2 Å². The molecule has 31 heavy (non-hydrogen) atoms. The number of para-hydroxylation sites is 2. The molecule has 4 nitrogen and oxygen atoms in total. The molecule has 0 bridgehead atoms. The van der Waals surface area contributed by atoms with E-state index in [1.54, 1.807) is 32.2 Å². The van der Waals surface area contributed by atoms with Gasteiger partial charge in [0.25, 0.3) is 0 Å². The van der Waals surface area contributed by atoms with Crippen LogP contribution < -0.4 is 14.8 Å². The van der Waals surface area contributed by atoms with Crippen molar-refractivity contribution in [3.05, 3.63) is 77.9 Å². The van der Waals surface area contributed by atoms with Crippen molar-refractivity contribution in [2.45, 2.75) is 25.1 Å². The summed E-state index contributed by atoms with van der Waals surface area (Å²) in [4.78, 5) is 12.9. The number of hydrogen-bond donors (Lipinski definition) is 1. The van der Waals surface area contributed by atoms with Gasteiger partial charge < -0.3 is 14.8 Å². The van der Waals surface area contributed by atoms with Gasteiger partial charge >= 0.3 is 6.36 Å². The average molecular weight is 427 g/mol. The van der Waals surface area contributed by atoms with Crippen LogP contribution in [0.4, 0.5) is 18.9 Å². The molecule has 1 aliphatic heterocycles. The quantitative estimate of drug-likeness (QED) is 0.567. The summed E-state index contributed by atoms with van der Waals surface area (Å²) < 4.78 is 48.2. The second-order valence-corrected chi connectivity index (χ2v) is 7.58. The predicted octanol–water partition coefficient (Wildman–Crippen LogP) is 5.71. The van der Waals surface area contributed by atoms with Gasteiger partial charge in [0.1, 0.15) is 11.5 Å². The number of carbonyl (C=O) groups excluding carboxylic acids is 1. The summed E-state index contributed by atoms with van der Waals surface area (Å²) >= 11 is 0. The first-order chi connectivity index (χ1) is 14.7. The minimum absolute atomic E-state index is 0.0491. The molecule has 0 saturated heterocycles. The van der Waals surface area contributed by atoms with Gasteiger partial charge in [-0.25, -0.2) is 0 Å². The van der Waals surface area contributed by atoms with Crippen molar-refractivity contribution < 1.29 is 27.4 Å². The fraction of sp³-hybridized carbons (Fsp3) is 0.208. The Kier molecular flexibility index (Phi) is 5.13. The molecule has 0 fully saturated rings. The van der Waals surface area contributed by atoms with Gasteiger partial charge in [0.15, 0.2) is 0 Å². The number of anilines is 1. The standard InChI is InChI=1S/C24H20F3NO3/c1-23(14-16-7-3-5-9-20(16)31-24(25,26)27)18-13-15(11-12-19(18)28-22(23)29)17-8-4-6-10-21(17)30-2/h3-13H,14H2,1-2H3,(H,28,29). The average Bonchev–Trinajstić information content (AvgIpc) is 2.98. The van der Waals surface area contributed by atoms with Gasteiger partial charge in [0, 0.05) is 11.3 Å². The molecule has 1 unspecified atom stereocenters. The second kappa shape index (κ2) is 7.65. The van der Waals surface area contributed by atoms with Crippen LogP contribution >= 0.6 is 0 Å². The molecule has 0 radical (unpaired) electrons. The Morgan fingerprint density at radius 2 is 1.65 bits per heavy atom. The second-order valence-electron chi connectivity index (χ2n) is 7.58. The van der Waals surface area contributed by atoms with Crippen molar-refractivity contribution in [2.24, 2.45) is 0 Å². The molecule has 0 aliphatic carbocycles. The van der Waals surface area contributed by atoms with Crippen molar-refractivity contribution in [2.75, 3.05) is 12.4 Å². The highest BCUT2D eigenvalue weighted by atomic mass is 19.4. The number of benzene rings is 3. The fourth-order valence-electron chi connectivity index (χ4n) is 3.97. The third kappa shape index (κ3) is 3.95. The van der Waals surface area contributed by atoms with Crippen LogP contribution in [0.2, 0.25) is 0 Å². The number of fused-ring (bicyclic) bond motifs is 1. The van der Waals surface area contributed by atoms with Crippen LogP contribution in [0.1, 0.15) is 18.1 Å². The first-order valence-electron chi connectivity index (χ1n) is 9.64. The van der Waals surface area contributed by atoms with Gasteiger partial charge in [-0.05, 0) is 54.3 Å². The minimum atomic E-state index is -4.82. The summed E-state index contributed by atoms with van der Waals surface area (Å²) in [7, 11) is 1.58. The summed E-state index contributed by atoms with van der Waals surface area (Å²) in [5, 5.41) is 2.85. The van der Waals surface area contributed by atoms with E-state index >= 15 is 0 Å². The van der Waals surface area contributed by atoms with Crippen molar-refractivity contribution in [1.82, 2.24) is 0 Å². The minimum Gasteiger partial charge on any atom is -0.496 e. The van der Waals surface area contributed by atoms with Crippen molar-refractivity contribution in [3.8, 4) is 22.6 Å². The number of ether oxygens (including phenoxy) is 2. The molecule has 4 rings (SSSR count). The van der Waals surface area contributed by atoms with Crippen molar-refractivity contribution >= 4 is 11.6 Å². The SMILES string of the molecule is COc1ccccc1-c1ccc2c(c1)C(C)(Cc1ccccc1OC(F)(F)F)C(=O)N2. The van der Waals surface area contributed by atoms with E-state index in [2.05, 4.69) is 10.1 Å². The zero-order chi connectivity index (χ0) is 22.2. The number of hydrogen-bond acceptors (Lipinski definition) is 3. The summed E-state index contributed by atoms with van der Waals surface area (Å²) in [5.74, 6) is 0.102. The number of halogens is 3. The van der Waals surface area contributed by atoms with Crippen molar-refractivity contribution in [3.63, 3.8) is 0 Å². The summed E-state index contributed by atoms with van der Waals surface area (Å²) in [5.41, 5.74) is 2.28. The van der Waals surface area contributed by atoms with E-state index in [9.17, 15) is 18.0 Å². The molecule has 0 saturated carbocycles. The van der Waals surface area contributed by atoms with E-state index in [1.165, 1.54) is 12.1 Å². The Labute approximate surface area is 177 Å². The maximum absolute atomic E-state index is 12.9. The van der Waals surface area contributed by atoms with Gasteiger partial charge in [-0.2, -0.15) is 0 Å². The zero-order valence-electron chi connectivity index (χ0n) is 16.9. The van der Waals surface area contributed by atoms with Gasteiger partial charge in [-0.1, -0.05) is 42.5 Å². The fourth-order valence-corrected chi connectivity index (χ4v) is 3.97. The van der Waals surface area contributed by atoms with E-state index in [0.29, 0.717) is 22.6 Å². The summed E-state index contributed by atoms with van der Waals surface area (Å²) in [6, 6.07) is 19.0. The molecular weight excluding hydrogens is 407 g/mol. The maximum Gasteiger partial charge on any atom is 0.573 e. The van der Waals surface area contributed by atoms with Crippen LogP contribution in [-0.2, 0) is 16.6 Å². The van der Waals surface area contributed by atoms with Crippen LogP contribution in [-0.4, -0.2) is 19.4 Å². The summed E-state index contributed by atoms with van der Waals surface area (Å²) in [6.45, 7) is 1.73. The number of amides is 1. The topological polar surface area (TPSA) is 47.6 Å².